The highest BCUT2D eigenvalue weighted by Crippen LogP contribution is 2.17. The van der Waals surface area contributed by atoms with Crippen LogP contribution in [-0.2, 0) is 4.79 Å². The Bertz CT molecular complexity index is 458. The molecule has 1 aromatic carbocycles. The third kappa shape index (κ3) is 3.23. The molecule has 0 spiro atoms. The van der Waals surface area contributed by atoms with Crippen LogP contribution in [0, 0.1) is 6.92 Å². The van der Waals surface area contributed by atoms with Gasteiger partial charge < -0.3 is 15.7 Å². The first-order valence-corrected chi connectivity index (χ1v) is 5.83. The van der Waals surface area contributed by atoms with E-state index in [-0.39, 0.29) is 12.5 Å². The number of carboxylic acid groups (broad SMARTS) is 1. The lowest BCUT2D eigenvalue weighted by Crippen LogP contribution is -2.36. The van der Waals surface area contributed by atoms with E-state index in [9.17, 15) is 9.59 Å². The Kier molecular flexibility index (Phi) is 4.71. The number of hydrogen-bond donors (Lipinski definition) is 2. The zero-order valence-electron chi connectivity index (χ0n) is 10.6. The number of nitrogen functional groups attached to an aromatic ring is 1. The smallest absolute Gasteiger partial charge is 0.323 e. The third-order valence-corrected chi connectivity index (χ3v) is 2.71. The molecule has 0 aliphatic heterocycles. The van der Waals surface area contributed by atoms with E-state index >= 15 is 0 Å². The van der Waals surface area contributed by atoms with Gasteiger partial charge in [0.15, 0.2) is 0 Å². The summed E-state index contributed by atoms with van der Waals surface area (Å²) in [5.41, 5.74) is 7.43. The second-order valence-electron chi connectivity index (χ2n) is 4.14. The van der Waals surface area contributed by atoms with E-state index in [0.717, 1.165) is 0 Å². The molecule has 0 atom stereocenters. The number of anilines is 1. The van der Waals surface area contributed by atoms with Gasteiger partial charge in [-0.3, -0.25) is 9.59 Å². The van der Waals surface area contributed by atoms with Crippen molar-refractivity contribution < 1.29 is 14.7 Å². The zero-order chi connectivity index (χ0) is 13.7. The SMILES string of the molecule is CCCN(CC(=O)O)C(=O)c1cccc(N)c1C. The van der Waals surface area contributed by atoms with Crippen molar-refractivity contribution >= 4 is 17.6 Å². The molecule has 5 nitrogen and oxygen atoms in total. The number of hydrogen-bond acceptors (Lipinski definition) is 3. The topological polar surface area (TPSA) is 83.6 Å². The lowest BCUT2D eigenvalue weighted by Gasteiger charge is -2.21. The summed E-state index contributed by atoms with van der Waals surface area (Å²) in [6.07, 6.45) is 0.709. The maximum atomic E-state index is 12.3. The molecule has 98 valence electrons. The summed E-state index contributed by atoms with van der Waals surface area (Å²) in [6.45, 7) is 3.78. The van der Waals surface area contributed by atoms with E-state index in [2.05, 4.69) is 0 Å². The van der Waals surface area contributed by atoms with Crippen LogP contribution in [0.15, 0.2) is 18.2 Å². The van der Waals surface area contributed by atoms with Crippen LogP contribution >= 0.6 is 0 Å². The molecule has 0 aromatic heterocycles. The maximum Gasteiger partial charge on any atom is 0.323 e. The Hall–Kier alpha value is -2.04. The predicted molar refractivity (Wildman–Crippen MR) is 69.4 cm³/mol. The number of carboxylic acids is 1. The molecule has 0 unspecified atom stereocenters. The fourth-order valence-electron chi connectivity index (χ4n) is 1.74. The van der Waals surface area contributed by atoms with Gasteiger partial charge in [0.1, 0.15) is 6.54 Å². The lowest BCUT2D eigenvalue weighted by atomic mass is 10.1. The molecule has 1 aromatic rings. The van der Waals surface area contributed by atoms with Crippen molar-refractivity contribution in [1.82, 2.24) is 4.90 Å². The summed E-state index contributed by atoms with van der Waals surface area (Å²) >= 11 is 0. The van der Waals surface area contributed by atoms with Crippen LogP contribution in [0.1, 0.15) is 29.3 Å². The predicted octanol–water partition coefficient (Wildman–Crippen LogP) is 1.51. The molecule has 0 bridgehead atoms. The average molecular weight is 250 g/mol. The molecule has 1 amide bonds. The van der Waals surface area contributed by atoms with Crippen LogP contribution in [0.2, 0.25) is 0 Å². The van der Waals surface area contributed by atoms with Gasteiger partial charge >= 0.3 is 5.97 Å². The minimum Gasteiger partial charge on any atom is -0.480 e. The Morgan fingerprint density at radius 3 is 2.61 bits per heavy atom. The van der Waals surface area contributed by atoms with E-state index < -0.39 is 5.97 Å². The average Bonchev–Trinajstić information content (AvgIpc) is 2.31. The molecule has 0 aliphatic rings. The Morgan fingerprint density at radius 2 is 2.06 bits per heavy atom. The molecule has 0 heterocycles. The van der Waals surface area contributed by atoms with Crippen molar-refractivity contribution in [2.75, 3.05) is 18.8 Å². The molecular formula is C13H18N2O3. The fourth-order valence-corrected chi connectivity index (χ4v) is 1.74. The summed E-state index contributed by atoms with van der Waals surface area (Å²) in [5.74, 6) is -1.30. The summed E-state index contributed by atoms with van der Waals surface area (Å²) in [7, 11) is 0. The number of aliphatic carboxylic acids is 1. The first-order valence-electron chi connectivity index (χ1n) is 5.83. The highest BCUT2D eigenvalue weighted by Gasteiger charge is 2.19. The zero-order valence-corrected chi connectivity index (χ0v) is 10.6. The van der Waals surface area contributed by atoms with Gasteiger partial charge in [-0.25, -0.2) is 0 Å². The van der Waals surface area contributed by atoms with E-state index in [1.165, 1.54) is 4.90 Å². The van der Waals surface area contributed by atoms with Crippen molar-refractivity contribution in [3.05, 3.63) is 29.3 Å². The lowest BCUT2D eigenvalue weighted by molar-refractivity contribution is -0.137. The van der Waals surface area contributed by atoms with Gasteiger partial charge in [-0.1, -0.05) is 13.0 Å². The molecule has 0 saturated heterocycles. The molecule has 5 heteroatoms. The summed E-state index contributed by atoms with van der Waals surface area (Å²) in [6, 6.07) is 5.08. The van der Waals surface area contributed by atoms with Crippen molar-refractivity contribution in [2.45, 2.75) is 20.3 Å². The van der Waals surface area contributed by atoms with Crippen molar-refractivity contribution in [3.63, 3.8) is 0 Å². The summed E-state index contributed by atoms with van der Waals surface area (Å²) in [5, 5.41) is 8.81. The highest BCUT2D eigenvalue weighted by molar-refractivity contribution is 5.98. The normalized spacial score (nSPS) is 10.1. The maximum absolute atomic E-state index is 12.3. The third-order valence-electron chi connectivity index (χ3n) is 2.71. The van der Waals surface area contributed by atoms with Gasteiger partial charge in [0, 0.05) is 17.8 Å². The van der Waals surface area contributed by atoms with E-state index in [1.807, 2.05) is 6.92 Å². The number of amides is 1. The van der Waals surface area contributed by atoms with Crippen LogP contribution in [0.3, 0.4) is 0 Å². The summed E-state index contributed by atoms with van der Waals surface area (Å²) < 4.78 is 0. The van der Waals surface area contributed by atoms with Crippen molar-refractivity contribution in [1.29, 1.82) is 0 Å². The Balaban J connectivity index is 3.01. The van der Waals surface area contributed by atoms with Gasteiger partial charge in [0.25, 0.3) is 5.91 Å². The van der Waals surface area contributed by atoms with Crippen LogP contribution in [0.25, 0.3) is 0 Å². The molecule has 0 fully saturated rings. The molecule has 0 saturated carbocycles. The van der Waals surface area contributed by atoms with Crippen LogP contribution in [0.4, 0.5) is 5.69 Å². The quantitative estimate of drug-likeness (QED) is 0.776. The second kappa shape index (κ2) is 6.05. The van der Waals surface area contributed by atoms with Gasteiger partial charge in [-0.2, -0.15) is 0 Å². The van der Waals surface area contributed by atoms with Gasteiger partial charge in [-0.05, 0) is 31.0 Å². The number of benzene rings is 1. The number of nitrogens with two attached hydrogens (primary N) is 1. The Labute approximate surface area is 106 Å². The molecule has 0 radical (unpaired) electrons. The van der Waals surface area contributed by atoms with Crippen molar-refractivity contribution in [3.8, 4) is 0 Å². The fraction of sp³-hybridized carbons (Fsp3) is 0.385. The number of carbonyl (C=O) groups excluding carboxylic acids is 1. The van der Waals surface area contributed by atoms with Crippen LogP contribution < -0.4 is 5.73 Å². The van der Waals surface area contributed by atoms with Crippen LogP contribution in [0.5, 0.6) is 0 Å². The first kappa shape index (κ1) is 14.0. The van der Waals surface area contributed by atoms with Gasteiger partial charge in [-0.15, -0.1) is 0 Å². The van der Waals surface area contributed by atoms with Gasteiger partial charge in [0.05, 0.1) is 0 Å². The first-order chi connectivity index (χ1) is 8.47. The number of rotatable bonds is 5. The molecule has 18 heavy (non-hydrogen) atoms. The van der Waals surface area contributed by atoms with E-state index in [0.29, 0.717) is 29.8 Å². The van der Waals surface area contributed by atoms with Gasteiger partial charge in [0.2, 0.25) is 0 Å². The molecule has 0 aliphatic carbocycles. The van der Waals surface area contributed by atoms with Crippen LogP contribution in [-0.4, -0.2) is 35.0 Å². The molecule has 1 rings (SSSR count). The monoisotopic (exact) mass is 250 g/mol. The molecule has 3 N–H and O–H groups in total. The number of nitrogens with zero attached hydrogens (tertiary/aromatic N) is 1. The standard InChI is InChI=1S/C13H18N2O3/c1-3-7-15(8-12(16)17)13(18)10-5-4-6-11(14)9(10)2/h4-6H,3,7-8,14H2,1-2H3,(H,16,17). The Morgan fingerprint density at radius 1 is 1.39 bits per heavy atom. The van der Waals surface area contributed by atoms with E-state index in [4.69, 9.17) is 10.8 Å². The largest absolute Gasteiger partial charge is 0.480 e. The summed E-state index contributed by atoms with van der Waals surface area (Å²) in [4.78, 5) is 24.3. The number of carbonyl (C=O) groups is 2. The minimum absolute atomic E-state index is 0.288. The minimum atomic E-state index is -1.02. The van der Waals surface area contributed by atoms with E-state index in [1.54, 1.807) is 25.1 Å². The second-order valence-corrected chi connectivity index (χ2v) is 4.14. The highest BCUT2D eigenvalue weighted by atomic mass is 16.4. The van der Waals surface area contributed by atoms with Crippen molar-refractivity contribution in [2.24, 2.45) is 0 Å². The molecular weight excluding hydrogens is 232 g/mol.